The van der Waals surface area contributed by atoms with Gasteiger partial charge in [0.2, 0.25) is 21.8 Å². The van der Waals surface area contributed by atoms with Gasteiger partial charge in [0.15, 0.2) is 0 Å². The van der Waals surface area contributed by atoms with Gasteiger partial charge in [0, 0.05) is 25.0 Å². The summed E-state index contributed by atoms with van der Waals surface area (Å²) in [5, 5.41) is 3.72. The second-order valence-corrected chi connectivity index (χ2v) is 12.4. The molecule has 0 fully saturated rings. The zero-order valence-corrected chi connectivity index (χ0v) is 23.8. The molecular formula is C26H35Cl2N3O4S. The van der Waals surface area contributed by atoms with Crippen LogP contribution in [0, 0.1) is 0 Å². The summed E-state index contributed by atoms with van der Waals surface area (Å²) in [4.78, 5) is 28.1. The molecule has 0 aliphatic rings. The Balaban J connectivity index is 2.25. The molecule has 7 nitrogen and oxygen atoms in total. The second-order valence-electron chi connectivity index (χ2n) is 9.71. The van der Waals surface area contributed by atoms with Crippen LogP contribution < -0.4 is 9.62 Å². The number of benzene rings is 2. The predicted octanol–water partition coefficient (Wildman–Crippen LogP) is 5.26. The Morgan fingerprint density at radius 3 is 2.19 bits per heavy atom. The topological polar surface area (TPSA) is 86.8 Å². The first-order valence-corrected chi connectivity index (χ1v) is 14.4. The first-order chi connectivity index (χ1) is 16.7. The monoisotopic (exact) mass is 555 g/mol. The Hall–Kier alpha value is -2.29. The van der Waals surface area contributed by atoms with E-state index in [2.05, 4.69) is 5.32 Å². The Bertz CT molecular complexity index is 1150. The molecule has 2 aromatic rings. The van der Waals surface area contributed by atoms with Crippen molar-refractivity contribution in [2.75, 3.05) is 17.1 Å². The van der Waals surface area contributed by atoms with Gasteiger partial charge in [-0.3, -0.25) is 13.9 Å². The molecule has 0 radical (unpaired) electrons. The average molecular weight is 557 g/mol. The highest BCUT2D eigenvalue weighted by Gasteiger charge is 2.30. The number of carbonyl (C=O) groups is 2. The van der Waals surface area contributed by atoms with Crippen molar-refractivity contribution in [1.82, 2.24) is 10.2 Å². The van der Waals surface area contributed by atoms with Gasteiger partial charge in [0.1, 0.15) is 6.04 Å². The fraction of sp³-hybridized carbons (Fsp3) is 0.462. The fourth-order valence-corrected chi connectivity index (χ4v) is 5.09. The Morgan fingerprint density at radius 1 is 1.03 bits per heavy atom. The van der Waals surface area contributed by atoms with Crippen LogP contribution in [0.1, 0.15) is 52.5 Å². The van der Waals surface area contributed by atoms with E-state index in [-0.39, 0.29) is 37.7 Å². The molecule has 0 heterocycles. The molecule has 2 rings (SSSR count). The summed E-state index contributed by atoms with van der Waals surface area (Å²) in [5.74, 6) is -0.501. The van der Waals surface area contributed by atoms with Gasteiger partial charge >= 0.3 is 0 Å². The number of halogens is 2. The van der Waals surface area contributed by atoms with Crippen molar-refractivity contribution in [2.45, 2.75) is 65.1 Å². The molecule has 1 N–H and O–H groups in total. The van der Waals surface area contributed by atoms with Gasteiger partial charge in [0.25, 0.3) is 0 Å². The normalized spacial score (nSPS) is 12.6. The van der Waals surface area contributed by atoms with E-state index in [9.17, 15) is 18.0 Å². The summed E-state index contributed by atoms with van der Waals surface area (Å²) in [7, 11) is -3.53. The Morgan fingerprint density at radius 2 is 1.67 bits per heavy atom. The maximum Gasteiger partial charge on any atom is 0.243 e. The van der Waals surface area contributed by atoms with Crippen LogP contribution in [-0.4, -0.2) is 49.5 Å². The quantitative estimate of drug-likeness (QED) is 0.409. The van der Waals surface area contributed by atoms with Crippen LogP contribution in [0.2, 0.25) is 10.0 Å². The summed E-state index contributed by atoms with van der Waals surface area (Å²) in [6, 6.07) is 13.2. The minimum absolute atomic E-state index is 0.0689. The van der Waals surface area contributed by atoms with Crippen molar-refractivity contribution in [3.63, 3.8) is 0 Å². The Kier molecular flexibility index (Phi) is 10.6. The number of amides is 2. The van der Waals surface area contributed by atoms with E-state index in [4.69, 9.17) is 23.2 Å². The minimum Gasteiger partial charge on any atom is -0.350 e. The number of rotatable bonds is 11. The van der Waals surface area contributed by atoms with Crippen LogP contribution in [-0.2, 0) is 26.2 Å². The average Bonchev–Trinajstić information content (AvgIpc) is 2.77. The van der Waals surface area contributed by atoms with Crippen LogP contribution in [0.25, 0.3) is 0 Å². The largest absolute Gasteiger partial charge is 0.350 e. The highest BCUT2D eigenvalue weighted by Crippen LogP contribution is 2.25. The van der Waals surface area contributed by atoms with E-state index in [0.717, 1.165) is 11.8 Å². The maximum atomic E-state index is 13.5. The van der Waals surface area contributed by atoms with Crippen LogP contribution in [0.5, 0.6) is 0 Å². The smallest absolute Gasteiger partial charge is 0.243 e. The predicted molar refractivity (Wildman–Crippen MR) is 147 cm³/mol. The first-order valence-electron chi connectivity index (χ1n) is 11.8. The van der Waals surface area contributed by atoms with Crippen molar-refractivity contribution in [2.24, 2.45) is 0 Å². The molecule has 10 heteroatoms. The second kappa shape index (κ2) is 12.8. The lowest BCUT2D eigenvalue weighted by Crippen LogP contribution is -2.53. The number of para-hydroxylation sites is 1. The molecule has 1 atom stereocenters. The van der Waals surface area contributed by atoms with Gasteiger partial charge in [-0.1, -0.05) is 54.4 Å². The molecule has 0 spiro atoms. The molecule has 0 bridgehead atoms. The summed E-state index contributed by atoms with van der Waals surface area (Å²) >= 11 is 12.2. The maximum absolute atomic E-state index is 13.5. The molecule has 2 amide bonds. The van der Waals surface area contributed by atoms with Crippen molar-refractivity contribution in [1.29, 1.82) is 0 Å². The highest BCUT2D eigenvalue weighted by molar-refractivity contribution is 7.92. The lowest BCUT2D eigenvalue weighted by Gasteiger charge is -2.33. The minimum atomic E-state index is -3.53. The molecule has 2 aromatic carbocycles. The lowest BCUT2D eigenvalue weighted by molar-refractivity contribution is -0.142. The summed E-state index contributed by atoms with van der Waals surface area (Å²) in [6.07, 6.45) is 1.91. The molecule has 0 aliphatic carbocycles. The highest BCUT2D eigenvalue weighted by atomic mass is 35.5. The van der Waals surface area contributed by atoms with Crippen LogP contribution >= 0.6 is 23.2 Å². The van der Waals surface area contributed by atoms with Crippen molar-refractivity contribution < 1.29 is 18.0 Å². The van der Waals surface area contributed by atoms with E-state index in [1.54, 1.807) is 42.5 Å². The van der Waals surface area contributed by atoms with Crippen LogP contribution in [0.4, 0.5) is 5.69 Å². The molecule has 1 unspecified atom stereocenters. The number of nitrogens with zero attached hydrogens (tertiary/aromatic N) is 2. The van der Waals surface area contributed by atoms with E-state index < -0.39 is 21.6 Å². The van der Waals surface area contributed by atoms with Gasteiger partial charge in [-0.2, -0.15) is 0 Å². The number of hydrogen-bond acceptors (Lipinski definition) is 4. The third kappa shape index (κ3) is 8.98. The van der Waals surface area contributed by atoms with Crippen LogP contribution in [0.3, 0.4) is 0 Å². The SMILES string of the molecule is CCC(C(=O)NC(C)(C)C)N(Cc1ccc(Cl)c(Cl)c1)C(=O)CCCN(c1ccccc1)S(C)(=O)=O. The van der Waals surface area contributed by atoms with E-state index in [0.29, 0.717) is 22.2 Å². The number of anilines is 1. The van der Waals surface area contributed by atoms with Gasteiger partial charge in [0.05, 0.1) is 22.0 Å². The van der Waals surface area contributed by atoms with Gasteiger partial charge in [-0.05, 0) is 63.4 Å². The molecule has 198 valence electrons. The standard InChI is InChI=1S/C26H35Cl2N3O4S/c1-6-23(25(33)29-26(2,3)4)30(18-19-14-15-21(27)22(28)17-19)24(32)13-10-16-31(36(5,34)35)20-11-8-7-9-12-20/h7-9,11-12,14-15,17,23H,6,10,13,16,18H2,1-5H3,(H,29,33). The number of carbonyl (C=O) groups excluding carboxylic acids is 2. The Labute approximate surface area is 224 Å². The van der Waals surface area contributed by atoms with Crippen molar-refractivity contribution in [3.8, 4) is 0 Å². The number of sulfonamides is 1. The molecule has 0 saturated carbocycles. The van der Waals surface area contributed by atoms with Gasteiger partial charge < -0.3 is 10.2 Å². The number of hydrogen-bond donors (Lipinski definition) is 1. The van der Waals surface area contributed by atoms with Gasteiger partial charge in [-0.15, -0.1) is 0 Å². The third-order valence-electron chi connectivity index (χ3n) is 5.42. The summed E-state index contributed by atoms with van der Waals surface area (Å²) < 4.78 is 26.0. The summed E-state index contributed by atoms with van der Waals surface area (Å²) in [6.45, 7) is 7.80. The molecule has 0 aromatic heterocycles. The van der Waals surface area contributed by atoms with Crippen molar-refractivity contribution in [3.05, 3.63) is 64.1 Å². The molecule has 36 heavy (non-hydrogen) atoms. The fourth-order valence-electron chi connectivity index (χ4n) is 3.81. The van der Waals surface area contributed by atoms with Gasteiger partial charge in [-0.25, -0.2) is 8.42 Å². The van der Waals surface area contributed by atoms with E-state index >= 15 is 0 Å². The molecular weight excluding hydrogens is 521 g/mol. The van der Waals surface area contributed by atoms with Crippen molar-refractivity contribution >= 4 is 50.7 Å². The number of nitrogens with one attached hydrogen (secondary N) is 1. The van der Waals surface area contributed by atoms with E-state index in [1.165, 1.54) is 9.21 Å². The van der Waals surface area contributed by atoms with E-state index in [1.807, 2.05) is 33.8 Å². The zero-order chi connectivity index (χ0) is 27.1. The first kappa shape index (κ1) is 29.9. The lowest BCUT2D eigenvalue weighted by atomic mass is 10.0. The summed E-state index contributed by atoms with van der Waals surface area (Å²) in [5.41, 5.74) is 0.812. The zero-order valence-electron chi connectivity index (χ0n) is 21.4. The van der Waals surface area contributed by atoms with Crippen LogP contribution in [0.15, 0.2) is 48.5 Å². The third-order valence-corrected chi connectivity index (χ3v) is 7.35. The molecule has 0 saturated heterocycles. The molecule has 0 aliphatic heterocycles.